The summed E-state index contributed by atoms with van der Waals surface area (Å²) >= 11 is 5.11. The average molecular weight is 283 g/mol. The Labute approximate surface area is 105 Å². The summed E-state index contributed by atoms with van der Waals surface area (Å²) in [6.07, 6.45) is 3.47. The Bertz CT molecular complexity index is 332. The van der Waals surface area contributed by atoms with Crippen LogP contribution in [0.3, 0.4) is 0 Å². The molecule has 0 aliphatic heterocycles. The molecule has 0 aliphatic carbocycles. The highest BCUT2D eigenvalue weighted by atomic mass is 79.9. The minimum atomic E-state index is 0.979. The van der Waals surface area contributed by atoms with Crippen molar-refractivity contribution in [3.05, 3.63) is 34.3 Å². The Morgan fingerprint density at radius 2 is 2.00 bits per heavy atom. The minimum Gasteiger partial charge on any atom is -0.0913 e. The first kappa shape index (κ1) is 12.7. The van der Waals surface area contributed by atoms with E-state index < -0.39 is 0 Å². The predicted molar refractivity (Wildman–Crippen MR) is 72.7 cm³/mol. The Kier molecular flexibility index (Phi) is 6.63. The molecule has 1 aromatic rings. The van der Waals surface area contributed by atoms with Crippen LogP contribution in [-0.4, -0.2) is 0 Å². The van der Waals surface area contributed by atoms with E-state index in [1.165, 1.54) is 18.4 Å². The molecular weight excluding hydrogens is 268 g/mol. The van der Waals surface area contributed by atoms with E-state index >= 15 is 0 Å². The summed E-state index contributed by atoms with van der Waals surface area (Å²) in [5.41, 5.74) is 1.33. The first-order chi connectivity index (χ1) is 7.33. The summed E-state index contributed by atoms with van der Waals surface area (Å²) in [6, 6.07) is 8.40. The van der Waals surface area contributed by atoms with Crippen molar-refractivity contribution in [2.45, 2.75) is 31.9 Å². The fourth-order valence-electron chi connectivity index (χ4n) is 1.07. The average Bonchev–Trinajstić information content (AvgIpc) is 2.26. The molecule has 1 aromatic carbocycles. The van der Waals surface area contributed by atoms with Crippen LogP contribution in [0, 0.1) is 11.2 Å². The molecule has 0 fully saturated rings. The van der Waals surface area contributed by atoms with Crippen LogP contribution >= 0.6 is 27.7 Å². The van der Waals surface area contributed by atoms with Gasteiger partial charge in [0.1, 0.15) is 0 Å². The Morgan fingerprint density at radius 1 is 1.27 bits per heavy atom. The van der Waals surface area contributed by atoms with E-state index in [2.05, 4.69) is 58.3 Å². The molecule has 0 saturated heterocycles. The van der Waals surface area contributed by atoms with Gasteiger partial charge in [-0.3, -0.25) is 0 Å². The molecule has 0 unspecified atom stereocenters. The van der Waals surface area contributed by atoms with Crippen LogP contribution in [0.4, 0.5) is 0 Å². The first-order valence-electron chi connectivity index (χ1n) is 5.17. The standard InChI is InChI=1S/C13H15BrS/c1-2-3-4-5-10-15-11-12-6-8-13(14)9-7-12/h6-9H,2-4,11H2,1H3. The minimum absolute atomic E-state index is 0.979. The smallest absolute Gasteiger partial charge is 0.0308 e. The molecule has 0 radical (unpaired) electrons. The lowest BCUT2D eigenvalue weighted by molar-refractivity contribution is 0.828. The highest BCUT2D eigenvalue weighted by molar-refractivity contribution is 9.10. The van der Waals surface area contributed by atoms with E-state index in [4.69, 9.17) is 0 Å². The van der Waals surface area contributed by atoms with Crippen molar-refractivity contribution in [1.82, 2.24) is 0 Å². The van der Waals surface area contributed by atoms with Crippen molar-refractivity contribution in [3.63, 3.8) is 0 Å². The molecule has 0 heterocycles. The molecule has 0 spiro atoms. The maximum absolute atomic E-state index is 3.42. The number of rotatable bonds is 4. The molecule has 15 heavy (non-hydrogen) atoms. The van der Waals surface area contributed by atoms with Gasteiger partial charge in [0, 0.05) is 16.6 Å². The van der Waals surface area contributed by atoms with E-state index in [0.29, 0.717) is 0 Å². The Hall–Kier alpha value is -0.390. The Balaban J connectivity index is 2.24. The van der Waals surface area contributed by atoms with Crippen LogP contribution < -0.4 is 0 Å². The third kappa shape index (κ3) is 5.92. The van der Waals surface area contributed by atoms with Gasteiger partial charge in [-0.1, -0.05) is 59.1 Å². The van der Waals surface area contributed by atoms with Gasteiger partial charge >= 0.3 is 0 Å². The van der Waals surface area contributed by atoms with E-state index in [-0.39, 0.29) is 0 Å². The number of hydrogen-bond donors (Lipinski definition) is 0. The number of halogens is 1. The molecule has 0 atom stereocenters. The predicted octanol–water partition coefficient (Wildman–Crippen LogP) is 4.83. The lowest BCUT2D eigenvalue weighted by Crippen LogP contribution is -1.77. The second-order valence-corrected chi connectivity index (χ2v) is 4.99. The van der Waals surface area contributed by atoms with E-state index in [1.54, 1.807) is 11.8 Å². The largest absolute Gasteiger partial charge is 0.0913 e. The molecule has 0 aromatic heterocycles. The fraction of sp³-hybridized carbons (Fsp3) is 0.385. The first-order valence-corrected chi connectivity index (χ1v) is 6.95. The maximum Gasteiger partial charge on any atom is 0.0308 e. The van der Waals surface area contributed by atoms with Gasteiger partial charge in [-0.2, -0.15) is 0 Å². The van der Waals surface area contributed by atoms with Gasteiger partial charge in [0.25, 0.3) is 0 Å². The fourth-order valence-corrected chi connectivity index (χ4v) is 1.97. The monoisotopic (exact) mass is 282 g/mol. The summed E-state index contributed by atoms with van der Waals surface area (Å²) in [7, 11) is 0. The van der Waals surface area contributed by atoms with Crippen molar-refractivity contribution >= 4 is 27.7 Å². The van der Waals surface area contributed by atoms with Crippen molar-refractivity contribution in [3.8, 4) is 11.2 Å². The molecule has 0 amide bonds. The highest BCUT2D eigenvalue weighted by Crippen LogP contribution is 2.15. The quantitative estimate of drug-likeness (QED) is 0.563. The number of hydrogen-bond acceptors (Lipinski definition) is 1. The van der Waals surface area contributed by atoms with Crippen molar-refractivity contribution in [2.24, 2.45) is 0 Å². The second kappa shape index (κ2) is 7.84. The zero-order valence-corrected chi connectivity index (χ0v) is 11.3. The lowest BCUT2D eigenvalue weighted by Gasteiger charge is -1.96. The second-order valence-electron chi connectivity index (χ2n) is 3.30. The van der Waals surface area contributed by atoms with Crippen LogP contribution in [0.5, 0.6) is 0 Å². The van der Waals surface area contributed by atoms with E-state index in [0.717, 1.165) is 16.6 Å². The third-order valence-electron chi connectivity index (χ3n) is 1.95. The van der Waals surface area contributed by atoms with Gasteiger partial charge in [0.05, 0.1) is 0 Å². The highest BCUT2D eigenvalue weighted by Gasteiger charge is 1.91. The molecule has 0 N–H and O–H groups in total. The summed E-state index contributed by atoms with van der Waals surface area (Å²) < 4.78 is 1.13. The van der Waals surface area contributed by atoms with Crippen molar-refractivity contribution in [2.75, 3.05) is 0 Å². The van der Waals surface area contributed by atoms with Crippen molar-refractivity contribution in [1.29, 1.82) is 0 Å². The number of benzene rings is 1. The van der Waals surface area contributed by atoms with Crippen LogP contribution in [0.25, 0.3) is 0 Å². The Morgan fingerprint density at radius 3 is 2.67 bits per heavy atom. The van der Waals surface area contributed by atoms with E-state index in [1.807, 2.05) is 0 Å². The van der Waals surface area contributed by atoms with Gasteiger partial charge in [-0.25, -0.2) is 0 Å². The molecule has 0 nitrogen and oxygen atoms in total. The van der Waals surface area contributed by atoms with Crippen LogP contribution in [-0.2, 0) is 5.75 Å². The number of thioether (sulfide) groups is 1. The number of unbranched alkanes of at least 4 members (excludes halogenated alkanes) is 2. The zero-order chi connectivity index (χ0) is 10.9. The molecule has 0 aliphatic rings. The van der Waals surface area contributed by atoms with Crippen LogP contribution in [0.2, 0.25) is 0 Å². The van der Waals surface area contributed by atoms with Gasteiger partial charge in [-0.05, 0) is 29.4 Å². The molecular formula is C13H15BrS. The van der Waals surface area contributed by atoms with Crippen LogP contribution in [0.15, 0.2) is 28.7 Å². The normalized spacial score (nSPS) is 9.47. The van der Waals surface area contributed by atoms with Crippen molar-refractivity contribution < 1.29 is 0 Å². The molecule has 1 rings (SSSR count). The molecule has 2 heteroatoms. The zero-order valence-electron chi connectivity index (χ0n) is 8.92. The van der Waals surface area contributed by atoms with Gasteiger partial charge < -0.3 is 0 Å². The molecule has 80 valence electrons. The van der Waals surface area contributed by atoms with Crippen LogP contribution in [0.1, 0.15) is 31.7 Å². The van der Waals surface area contributed by atoms with Gasteiger partial charge in [0.15, 0.2) is 0 Å². The lowest BCUT2D eigenvalue weighted by atomic mass is 10.2. The summed E-state index contributed by atoms with van der Waals surface area (Å²) in [6.45, 7) is 2.19. The van der Waals surface area contributed by atoms with Gasteiger partial charge in [0.2, 0.25) is 0 Å². The van der Waals surface area contributed by atoms with E-state index in [9.17, 15) is 0 Å². The van der Waals surface area contributed by atoms with Gasteiger partial charge in [-0.15, -0.1) is 0 Å². The maximum atomic E-state index is 3.42. The third-order valence-corrected chi connectivity index (χ3v) is 3.25. The summed E-state index contributed by atoms with van der Waals surface area (Å²) in [4.78, 5) is 0. The topological polar surface area (TPSA) is 0 Å². The summed E-state index contributed by atoms with van der Waals surface area (Å²) in [5, 5.41) is 3.14. The molecule has 0 bridgehead atoms. The molecule has 0 saturated carbocycles. The SMILES string of the molecule is CCCCC#CSCc1ccc(Br)cc1. The summed E-state index contributed by atoms with van der Waals surface area (Å²) in [5.74, 6) is 4.15.